The highest BCUT2D eigenvalue weighted by Crippen LogP contribution is 2.34. The van der Waals surface area contributed by atoms with Gasteiger partial charge in [0, 0.05) is 35.8 Å². The van der Waals surface area contributed by atoms with E-state index in [0.29, 0.717) is 36.4 Å². The third-order valence-electron chi connectivity index (χ3n) is 6.58. The molecule has 0 spiro atoms. The minimum absolute atomic E-state index is 0.0348. The molecule has 2 heterocycles. The molecular formula is C25H23N5O6. The lowest BCUT2D eigenvalue weighted by atomic mass is 9.93. The van der Waals surface area contributed by atoms with Gasteiger partial charge >= 0.3 is 5.69 Å². The van der Waals surface area contributed by atoms with Gasteiger partial charge in [0.1, 0.15) is 11.4 Å². The van der Waals surface area contributed by atoms with Gasteiger partial charge in [-0.2, -0.15) is 5.10 Å². The van der Waals surface area contributed by atoms with Gasteiger partial charge in [0.05, 0.1) is 21.6 Å². The van der Waals surface area contributed by atoms with Crippen LogP contribution in [-0.4, -0.2) is 28.0 Å². The van der Waals surface area contributed by atoms with Crippen molar-refractivity contribution < 1.29 is 19.1 Å². The number of hydrazone groups is 1. The molecule has 1 amide bonds. The van der Waals surface area contributed by atoms with E-state index in [4.69, 9.17) is 4.42 Å². The Morgan fingerprint density at radius 1 is 1.06 bits per heavy atom. The van der Waals surface area contributed by atoms with Crippen LogP contribution in [-0.2, 0) is 12.8 Å². The lowest BCUT2D eigenvalue weighted by Gasteiger charge is -2.28. The lowest BCUT2D eigenvalue weighted by Crippen LogP contribution is -2.35. The maximum absolute atomic E-state index is 13.5. The number of benzene rings is 2. The summed E-state index contributed by atoms with van der Waals surface area (Å²) in [5.41, 5.74) is 5.94. The van der Waals surface area contributed by atoms with E-state index in [-0.39, 0.29) is 23.0 Å². The van der Waals surface area contributed by atoms with Gasteiger partial charge in [-0.25, -0.2) is 0 Å². The van der Waals surface area contributed by atoms with Crippen LogP contribution in [0.5, 0.6) is 0 Å². The van der Waals surface area contributed by atoms with E-state index < -0.39 is 15.5 Å². The molecule has 0 saturated heterocycles. The maximum atomic E-state index is 13.5. The Labute approximate surface area is 205 Å². The van der Waals surface area contributed by atoms with Crippen molar-refractivity contribution in [3.63, 3.8) is 0 Å². The number of amides is 1. The summed E-state index contributed by atoms with van der Waals surface area (Å²) in [7, 11) is 0. The Kier molecular flexibility index (Phi) is 5.96. The molecule has 0 atom stereocenters. The van der Waals surface area contributed by atoms with Crippen LogP contribution in [0.1, 0.15) is 52.3 Å². The van der Waals surface area contributed by atoms with Crippen molar-refractivity contribution >= 4 is 34.4 Å². The minimum atomic E-state index is -0.696. The molecule has 3 aromatic rings. The molecule has 11 heteroatoms. The third-order valence-corrected chi connectivity index (χ3v) is 6.58. The summed E-state index contributed by atoms with van der Waals surface area (Å²) >= 11 is 0. The first-order valence-electron chi connectivity index (χ1n) is 11.6. The molecule has 0 fully saturated rings. The summed E-state index contributed by atoms with van der Waals surface area (Å²) in [6.45, 7) is 2.42. The van der Waals surface area contributed by atoms with E-state index in [1.54, 1.807) is 4.90 Å². The van der Waals surface area contributed by atoms with E-state index in [1.165, 1.54) is 12.1 Å². The molecule has 0 bridgehead atoms. The van der Waals surface area contributed by atoms with Gasteiger partial charge in [-0.3, -0.25) is 30.4 Å². The number of rotatable bonds is 5. The fourth-order valence-corrected chi connectivity index (χ4v) is 4.86. The molecule has 0 saturated carbocycles. The molecular weight excluding hydrogens is 466 g/mol. The van der Waals surface area contributed by atoms with E-state index in [2.05, 4.69) is 10.5 Å². The smallest absolute Gasteiger partial charge is 0.301 e. The zero-order valence-corrected chi connectivity index (χ0v) is 19.5. The van der Waals surface area contributed by atoms with Crippen molar-refractivity contribution in [2.24, 2.45) is 5.10 Å². The van der Waals surface area contributed by atoms with Crippen LogP contribution in [0.25, 0.3) is 0 Å². The number of carbonyl (C=O) groups excluding carboxylic acids is 1. The predicted molar refractivity (Wildman–Crippen MR) is 133 cm³/mol. The number of carbonyl (C=O) groups is 1. The zero-order valence-electron chi connectivity index (χ0n) is 19.5. The van der Waals surface area contributed by atoms with Crippen LogP contribution in [0.2, 0.25) is 0 Å². The van der Waals surface area contributed by atoms with E-state index >= 15 is 0 Å². The summed E-state index contributed by atoms with van der Waals surface area (Å²) in [5, 5.41) is 26.9. The van der Waals surface area contributed by atoms with Crippen LogP contribution < -0.4 is 10.3 Å². The first kappa shape index (κ1) is 23.2. The van der Waals surface area contributed by atoms with Crippen LogP contribution in [0, 0.1) is 27.2 Å². The topological polar surface area (TPSA) is 144 Å². The Balaban J connectivity index is 1.47. The number of hydrogen-bond donors (Lipinski definition) is 1. The molecule has 1 aliphatic heterocycles. The number of furan rings is 1. The Bertz CT molecular complexity index is 1430. The second kappa shape index (κ2) is 9.25. The maximum Gasteiger partial charge on any atom is 0.301 e. The number of para-hydroxylation sites is 1. The number of non-ortho nitro benzene ring substituents is 1. The van der Waals surface area contributed by atoms with Gasteiger partial charge in [0.15, 0.2) is 5.76 Å². The highest BCUT2D eigenvalue weighted by atomic mass is 16.6. The normalized spacial score (nSPS) is 15.8. The average molecular weight is 489 g/mol. The van der Waals surface area contributed by atoms with E-state index in [1.807, 2.05) is 31.2 Å². The molecule has 5 rings (SSSR count). The van der Waals surface area contributed by atoms with Crippen molar-refractivity contribution in [2.75, 3.05) is 16.9 Å². The molecule has 1 aliphatic carbocycles. The number of nitro groups is 2. The molecule has 36 heavy (non-hydrogen) atoms. The SMILES string of the molecule is Cc1c(C(=O)N2CCCc3ccccc32)oc2c1/C(=N/Nc1ccc([N+](=O)[O-])cc1[N+](=O)[O-])CCC2. The largest absolute Gasteiger partial charge is 0.455 e. The number of nitrogens with one attached hydrogen (secondary N) is 1. The fraction of sp³-hybridized carbons (Fsp3) is 0.280. The van der Waals surface area contributed by atoms with Gasteiger partial charge < -0.3 is 9.32 Å². The highest BCUT2D eigenvalue weighted by molar-refractivity contribution is 6.10. The molecule has 11 nitrogen and oxygen atoms in total. The number of nitrogens with zero attached hydrogens (tertiary/aromatic N) is 4. The zero-order chi connectivity index (χ0) is 25.4. The number of aryl methyl sites for hydroxylation is 2. The van der Waals surface area contributed by atoms with Crippen LogP contribution in [0.3, 0.4) is 0 Å². The lowest BCUT2D eigenvalue weighted by molar-refractivity contribution is -0.393. The highest BCUT2D eigenvalue weighted by Gasteiger charge is 2.32. The molecule has 0 radical (unpaired) electrons. The number of hydrogen-bond acceptors (Lipinski definition) is 8. The van der Waals surface area contributed by atoms with E-state index in [9.17, 15) is 25.0 Å². The fourth-order valence-electron chi connectivity index (χ4n) is 4.86. The minimum Gasteiger partial charge on any atom is -0.455 e. The molecule has 1 N–H and O–H groups in total. The first-order chi connectivity index (χ1) is 17.3. The Morgan fingerprint density at radius 3 is 2.64 bits per heavy atom. The Morgan fingerprint density at radius 2 is 1.86 bits per heavy atom. The average Bonchev–Trinajstić information content (AvgIpc) is 3.23. The Hall–Kier alpha value is -4.54. The summed E-state index contributed by atoms with van der Waals surface area (Å²) in [6, 6.07) is 11.2. The van der Waals surface area contributed by atoms with Crippen molar-refractivity contribution in [3.05, 3.63) is 90.9 Å². The number of fused-ring (bicyclic) bond motifs is 2. The van der Waals surface area contributed by atoms with E-state index in [0.717, 1.165) is 42.1 Å². The summed E-state index contributed by atoms with van der Waals surface area (Å²) in [5.74, 6) is 0.728. The monoisotopic (exact) mass is 489 g/mol. The van der Waals surface area contributed by atoms with Gasteiger partial charge in [-0.1, -0.05) is 18.2 Å². The molecule has 1 aromatic heterocycles. The van der Waals surface area contributed by atoms with Gasteiger partial charge in [0.25, 0.3) is 11.6 Å². The van der Waals surface area contributed by atoms with Crippen LogP contribution >= 0.6 is 0 Å². The predicted octanol–water partition coefficient (Wildman–Crippen LogP) is 5.15. The number of anilines is 2. The van der Waals surface area contributed by atoms with Gasteiger partial charge in [-0.05, 0) is 50.3 Å². The van der Waals surface area contributed by atoms with Gasteiger partial charge in [0.2, 0.25) is 0 Å². The standard InChI is InChI=1S/C25H23N5O6/c1-15-23-19(27-26-18-12-11-17(29(32)33)14-21(18)30(34)35)8-4-10-22(23)36-24(15)25(31)28-13-5-7-16-6-2-3-9-20(16)28/h2-3,6,9,11-12,14,26H,4-5,7-8,10,13H2,1H3/b27-19+. The van der Waals surface area contributed by atoms with Crippen molar-refractivity contribution in [1.82, 2.24) is 0 Å². The van der Waals surface area contributed by atoms with Crippen molar-refractivity contribution in [3.8, 4) is 0 Å². The first-order valence-corrected chi connectivity index (χ1v) is 11.6. The molecule has 2 aliphatic rings. The van der Waals surface area contributed by atoms with Crippen LogP contribution in [0.4, 0.5) is 22.7 Å². The summed E-state index contributed by atoms with van der Waals surface area (Å²) < 4.78 is 6.07. The molecule has 2 aromatic carbocycles. The quantitative estimate of drug-likeness (QED) is 0.385. The summed E-state index contributed by atoms with van der Waals surface area (Å²) in [4.78, 5) is 36.4. The van der Waals surface area contributed by atoms with Crippen molar-refractivity contribution in [1.29, 1.82) is 0 Å². The molecule has 184 valence electrons. The van der Waals surface area contributed by atoms with Crippen molar-refractivity contribution in [2.45, 2.75) is 39.0 Å². The molecule has 0 unspecified atom stereocenters. The number of nitro benzene ring substituents is 2. The third kappa shape index (κ3) is 4.08. The second-order valence-electron chi connectivity index (χ2n) is 8.78. The summed E-state index contributed by atoms with van der Waals surface area (Å²) in [6.07, 6.45) is 3.76. The van der Waals surface area contributed by atoms with Gasteiger partial charge in [-0.15, -0.1) is 0 Å². The van der Waals surface area contributed by atoms with Crippen LogP contribution in [0.15, 0.2) is 52.0 Å². The second-order valence-corrected chi connectivity index (χ2v) is 8.78.